The van der Waals surface area contributed by atoms with Gasteiger partial charge < -0.3 is 0 Å². The molecule has 5 nitrogen and oxygen atoms in total. The van der Waals surface area contributed by atoms with Gasteiger partial charge in [-0.25, -0.2) is 15.4 Å². The largest absolute Gasteiger partial charge is 0.416 e. The Bertz CT molecular complexity index is 773. The Balaban J connectivity index is 1.88. The van der Waals surface area contributed by atoms with E-state index in [2.05, 4.69) is 20.5 Å². The van der Waals surface area contributed by atoms with E-state index in [0.29, 0.717) is 5.16 Å². The van der Waals surface area contributed by atoms with Crippen molar-refractivity contribution in [1.82, 2.24) is 15.4 Å². The zero-order chi connectivity index (χ0) is 18.4. The summed E-state index contributed by atoms with van der Waals surface area (Å²) in [6.45, 7) is 3.66. The number of rotatable bonds is 5. The first kappa shape index (κ1) is 18.9. The summed E-state index contributed by atoms with van der Waals surface area (Å²) in [5.74, 6) is -0.362. The Hall–Kier alpha value is -2.42. The Morgan fingerprint density at radius 2 is 1.92 bits per heavy atom. The number of alkyl halides is 3. The third kappa shape index (κ3) is 6.18. The smallest absolute Gasteiger partial charge is 0.272 e. The number of hydrogen-bond donors (Lipinski definition) is 1. The molecule has 0 saturated heterocycles. The highest BCUT2D eigenvalue weighted by Crippen LogP contribution is 2.29. The van der Waals surface area contributed by atoms with Crippen LogP contribution < -0.4 is 5.43 Å². The van der Waals surface area contributed by atoms with Crippen LogP contribution in [0.25, 0.3) is 0 Å². The molecule has 0 bridgehead atoms. The van der Waals surface area contributed by atoms with Gasteiger partial charge in [-0.3, -0.25) is 4.79 Å². The van der Waals surface area contributed by atoms with Gasteiger partial charge in [0.05, 0.1) is 17.5 Å². The molecule has 0 saturated carbocycles. The lowest BCUT2D eigenvalue weighted by Crippen LogP contribution is -2.19. The molecule has 0 spiro atoms. The van der Waals surface area contributed by atoms with Crippen LogP contribution in [0.5, 0.6) is 0 Å². The molecule has 1 aromatic heterocycles. The first-order valence-corrected chi connectivity index (χ1v) is 8.17. The Kier molecular flexibility index (Phi) is 6.13. The SMILES string of the molecule is Cc1cc(C)nc(SCC(=O)N/N=C\c2cccc(C(F)(F)F)c2)n1. The molecule has 2 rings (SSSR count). The van der Waals surface area contributed by atoms with Gasteiger partial charge in [-0.2, -0.15) is 18.3 Å². The van der Waals surface area contributed by atoms with Crippen molar-refractivity contribution in [2.75, 3.05) is 5.75 Å². The minimum atomic E-state index is -4.42. The molecule has 0 fully saturated rings. The van der Waals surface area contributed by atoms with E-state index in [0.717, 1.165) is 41.5 Å². The fourth-order valence-electron chi connectivity index (χ4n) is 1.89. The molecule has 0 aliphatic heterocycles. The summed E-state index contributed by atoms with van der Waals surface area (Å²) in [6.07, 6.45) is -3.26. The molecule has 0 atom stereocenters. The van der Waals surface area contributed by atoms with Crippen LogP contribution in [0, 0.1) is 13.8 Å². The monoisotopic (exact) mass is 368 g/mol. The molecule has 1 aromatic carbocycles. The highest BCUT2D eigenvalue weighted by atomic mass is 32.2. The summed E-state index contributed by atoms with van der Waals surface area (Å²) in [6, 6.07) is 6.48. The topological polar surface area (TPSA) is 67.2 Å². The number of nitrogens with zero attached hydrogens (tertiary/aromatic N) is 3. The first-order valence-electron chi connectivity index (χ1n) is 7.18. The molecule has 132 valence electrons. The summed E-state index contributed by atoms with van der Waals surface area (Å²) >= 11 is 1.15. The number of hydrogen-bond acceptors (Lipinski definition) is 5. The fraction of sp³-hybridized carbons (Fsp3) is 0.250. The van der Waals surface area contributed by atoms with E-state index in [9.17, 15) is 18.0 Å². The van der Waals surface area contributed by atoms with Gasteiger partial charge in [0.2, 0.25) is 0 Å². The van der Waals surface area contributed by atoms with E-state index in [1.165, 1.54) is 12.1 Å². The summed E-state index contributed by atoms with van der Waals surface area (Å²) in [5, 5.41) is 4.15. The standard InChI is InChI=1S/C16H15F3N4OS/c1-10-6-11(2)22-15(21-10)25-9-14(24)23-20-8-12-4-3-5-13(7-12)16(17,18)19/h3-8H,9H2,1-2H3,(H,23,24)/b20-8-. The van der Waals surface area contributed by atoms with Crippen molar-refractivity contribution in [1.29, 1.82) is 0 Å². The minimum Gasteiger partial charge on any atom is -0.272 e. The van der Waals surface area contributed by atoms with Gasteiger partial charge in [-0.15, -0.1) is 0 Å². The van der Waals surface area contributed by atoms with Crippen molar-refractivity contribution in [3.05, 3.63) is 52.8 Å². The second kappa shape index (κ2) is 8.11. The second-order valence-electron chi connectivity index (χ2n) is 5.14. The van der Waals surface area contributed by atoms with Crippen molar-refractivity contribution in [2.45, 2.75) is 25.2 Å². The van der Waals surface area contributed by atoms with E-state index in [1.54, 1.807) is 0 Å². The Morgan fingerprint density at radius 1 is 1.24 bits per heavy atom. The summed E-state index contributed by atoms with van der Waals surface area (Å²) < 4.78 is 37.8. The quantitative estimate of drug-likeness (QED) is 0.380. The maximum Gasteiger partial charge on any atom is 0.416 e. The van der Waals surface area contributed by atoms with Crippen molar-refractivity contribution in [3.8, 4) is 0 Å². The number of benzene rings is 1. The maximum atomic E-state index is 12.6. The van der Waals surface area contributed by atoms with Crippen LogP contribution in [0.4, 0.5) is 13.2 Å². The number of amides is 1. The summed E-state index contributed by atoms with van der Waals surface area (Å²) in [4.78, 5) is 20.1. The minimum absolute atomic E-state index is 0.0445. The zero-order valence-electron chi connectivity index (χ0n) is 13.5. The van der Waals surface area contributed by atoms with Crippen molar-refractivity contribution >= 4 is 23.9 Å². The van der Waals surface area contributed by atoms with Gasteiger partial charge in [0, 0.05) is 11.4 Å². The molecule has 0 radical (unpaired) electrons. The van der Waals surface area contributed by atoms with Gasteiger partial charge in [0.25, 0.3) is 5.91 Å². The van der Waals surface area contributed by atoms with E-state index in [-0.39, 0.29) is 11.3 Å². The average molecular weight is 368 g/mol. The summed E-state index contributed by atoms with van der Waals surface area (Å²) in [5.41, 5.74) is 3.33. The molecule has 2 aromatic rings. The normalized spacial score (nSPS) is 11.7. The van der Waals surface area contributed by atoms with Crippen molar-refractivity contribution < 1.29 is 18.0 Å². The van der Waals surface area contributed by atoms with Gasteiger partial charge in [0.1, 0.15) is 0 Å². The number of aromatic nitrogens is 2. The van der Waals surface area contributed by atoms with Crippen LogP contribution >= 0.6 is 11.8 Å². The molecular formula is C16H15F3N4OS. The number of halogens is 3. The zero-order valence-corrected chi connectivity index (χ0v) is 14.3. The van der Waals surface area contributed by atoms with Gasteiger partial charge in [-0.1, -0.05) is 23.9 Å². The van der Waals surface area contributed by atoms with Crippen molar-refractivity contribution in [2.24, 2.45) is 5.10 Å². The Labute approximate surface area is 146 Å². The maximum absolute atomic E-state index is 12.6. The van der Waals surface area contributed by atoms with E-state index < -0.39 is 17.6 Å². The number of carbonyl (C=O) groups excluding carboxylic acids is 1. The van der Waals surface area contributed by atoms with Crippen LogP contribution in [0.15, 0.2) is 40.6 Å². The highest BCUT2D eigenvalue weighted by molar-refractivity contribution is 7.99. The van der Waals surface area contributed by atoms with E-state index in [4.69, 9.17) is 0 Å². The van der Waals surface area contributed by atoms with Crippen LogP contribution in [-0.4, -0.2) is 27.8 Å². The lowest BCUT2D eigenvalue weighted by atomic mass is 10.1. The number of nitrogens with one attached hydrogen (secondary N) is 1. The predicted octanol–water partition coefficient (Wildman–Crippen LogP) is 3.35. The van der Waals surface area contributed by atoms with Gasteiger partial charge in [0.15, 0.2) is 5.16 Å². The molecule has 1 heterocycles. The number of aryl methyl sites for hydroxylation is 2. The van der Waals surface area contributed by atoms with Crippen molar-refractivity contribution in [3.63, 3.8) is 0 Å². The number of carbonyl (C=O) groups is 1. The van der Waals surface area contributed by atoms with Gasteiger partial charge in [-0.05, 0) is 37.6 Å². The molecule has 25 heavy (non-hydrogen) atoms. The van der Waals surface area contributed by atoms with Crippen LogP contribution in [-0.2, 0) is 11.0 Å². The second-order valence-corrected chi connectivity index (χ2v) is 6.08. The van der Waals surface area contributed by atoms with Crippen LogP contribution in [0.1, 0.15) is 22.5 Å². The molecule has 1 amide bonds. The highest BCUT2D eigenvalue weighted by Gasteiger charge is 2.30. The molecular weight excluding hydrogens is 353 g/mol. The number of hydrazone groups is 1. The fourth-order valence-corrected chi connectivity index (χ4v) is 2.64. The Morgan fingerprint density at radius 3 is 2.56 bits per heavy atom. The van der Waals surface area contributed by atoms with E-state index >= 15 is 0 Å². The first-order chi connectivity index (χ1) is 11.7. The van der Waals surface area contributed by atoms with Gasteiger partial charge >= 0.3 is 6.18 Å². The lowest BCUT2D eigenvalue weighted by molar-refractivity contribution is -0.137. The predicted molar refractivity (Wildman–Crippen MR) is 89.4 cm³/mol. The molecule has 0 unspecified atom stereocenters. The molecule has 0 aliphatic rings. The molecule has 9 heteroatoms. The third-order valence-electron chi connectivity index (χ3n) is 2.91. The summed E-state index contributed by atoms with van der Waals surface area (Å²) in [7, 11) is 0. The molecule has 0 aliphatic carbocycles. The van der Waals surface area contributed by atoms with Crippen LogP contribution in [0.2, 0.25) is 0 Å². The average Bonchev–Trinajstić information content (AvgIpc) is 2.51. The van der Waals surface area contributed by atoms with Crippen LogP contribution in [0.3, 0.4) is 0 Å². The van der Waals surface area contributed by atoms with E-state index in [1.807, 2.05) is 19.9 Å². The third-order valence-corrected chi connectivity index (χ3v) is 3.76. The lowest BCUT2D eigenvalue weighted by Gasteiger charge is -2.06. The molecule has 1 N–H and O–H groups in total. The number of thioether (sulfide) groups is 1.